The van der Waals surface area contributed by atoms with Gasteiger partial charge in [0.25, 0.3) is 0 Å². The Morgan fingerprint density at radius 2 is 0.731 bits per heavy atom. The minimum atomic E-state index is 0.0462. The second kappa shape index (κ2) is 13.7. The highest BCUT2D eigenvalue weighted by Gasteiger charge is 2.37. The third kappa shape index (κ3) is 8.09. The SMILES string of the molecule is CCCCC(CCCC)(N=NC(CCCC)(CCCC)C(C)C)C(C)C. The van der Waals surface area contributed by atoms with Gasteiger partial charge in [-0.1, -0.05) is 107 Å². The number of hydrogen-bond donors (Lipinski definition) is 0. The van der Waals surface area contributed by atoms with Gasteiger partial charge in [0.15, 0.2) is 0 Å². The molecule has 26 heavy (non-hydrogen) atoms. The third-order valence-corrected chi connectivity index (χ3v) is 6.45. The van der Waals surface area contributed by atoms with Crippen LogP contribution in [0.4, 0.5) is 0 Å². The van der Waals surface area contributed by atoms with Gasteiger partial charge in [-0.3, -0.25) is 0 Å². The number of rotatable bonds is 16. The minimum Gasteiger partial charge on any atom is -0.187 e. The van der Waals surface area contributed by atoms with E-state index in [0.29, 0.717) is 11.8 Å². The molecule has 0 aromatic carbocycles. The molecule has 0 aliphatic carbocycles. The van der Waals surface area contributed by atoms with Gasteiger partial charge in [-0.25, -0.2) is 0 Å². The van der Waals surface area contributed by atoms with Crippen LogP contribution < -0.4 is 0 Å². The average molecular weight is 367 g/mol. The topological polar surface area (TPSA) is 24.7 Å². The van der Waals surface area contributed by atoms with Crippen LogP contribution in [0.1, 0.15) is 132 Å². The second-order valence-corrected chi connectivity index (χ2v) is 9.13. The predicted molar refractivity (Wildman–Crippen MR) is 118 cm³/mol. The lowest BCUT2D eigenvalue weighted by Crippen LogP contribution is -2.37. The molecule has 0 rings (SSSR count). The number of nitrogens with zero attached hydrogens (tertiary/aromatic N) is 2. The molecule has 0 aromatic rings. The zero-order valence-electron chi connectivity index (χ0n) is 19.5. The van der Waals surface area contributed by atoms with E-state index in [1.807, 2.05) is 0 Å². The maximum Gasteiger partial charge on any atom is 0.0838 e. The summed E-state index contributed by atoms with van der Waals surface area (Å²) < 4.78 is 0. The van der Waals surface area contributed by atoms with Gasteiger partial charge in [0.2, 0.25) is 0 Å². The van der Waals surface area contributed by atoms with Crippen LogP contribution in [0.2, 0.25) is 0 Å². The normalized spacial score (nSPS) is 13.5. The van der Waals surface area contributed by atoms with Crippen LogP contribution in [-0.2, 0) is 0 Å². The van der Waals surface area contributed by atoms with E-state index in [0.717, 1.165) is 0 Å². The Hall–Kier alpha value is -0.400. The maximum atomic E-state index is 5.25. The fourth-order valence-corrected chi connectivity index (χ4v) is 3.97. The Morgan fingerprint density at radius 1 is 0.500 bits per heavy atom. The van der Waals surface area contributed by atoms with Crippen molar-refractivity contribution in [2.24, 2.45) is 22.1 Å². The summed E-state index contributed by atoms with van der Waals surface area (Å²) in [5, 5.41) is 10.5. The first-order valence-corrected chi connectivity index (χ1v) is 11.8. The highest BCUT2D eigenvalue weighted by Crippen LogP contribution is 2.39. The Labute approximate surface area is 166 Å². The molecule has 0 N–H and O–H groups in total. The fraction of sp³-hybridized carbons (Fsp3) is 1.00. The van der Waals surface area contributed by atoms with Crippen molar-refractivity contribution in [2.75, 3.05) is 0 Å². The standard InChI is InChI=1S/C24H50N2/c1-9-13-17-23(21(5)6,18-14-10-2)25-26-24(22(7)8,19-15-11-3)20-16-12-4/h21-22H,9-20H2,1-8H3. The van der Waals surface area contributed by atoms with Crippen LogP contribution in [0, 0.1) is 11.8 Å². The minimum absolute atomic E-state index is 0.0462. The number of azo groups is 1. The van der Waals surface area contributed by atoms with E-state index in [1.165, 1.54) is 77.0 Å². The van der Waals surface area contributed by atoms with Crippen molar-refractivity contribution in [3.63, 3.8) is 0 Å². The van der Waals surface area contributed by atoms with Crippen molar-refractivity contribution in [1.82, 2.24) is 0 Å². The van der Waals surface area contributed by atoms with Gasteiger partial charge in [0.05, 0.1) is 11.1 Å². The van der Waals surface area contributed by atoms with E-state index in [9.17, 15) is 0 Å². The first-order valence-electron chi connectivity index (χ1n) is 11.8. The third-order valence-electron chi connectivity index (χ3n) is 6.45. The van der Waals surface area contributed by atoms with Crippen molar-refractivity contribution >= 4 is 0 Å². The summed E-state index contributed by atoms with van der Waals surface area (Å²) in [7, 11) is 0. The van der Waals surface area contributed by atoms with Crippen molar-refractivity contribution in [2.45, 2.75) is 144 Å². The second-order valence-electron chi connectivity index (χ2n) is 9.13. The molecule has 0 fully saturated rings. The quantitative estimate of drug-likeness (QED) is 0.243. The molecular weight excluding hydrogens is 316 g/mol. The molecule has 0 heterocycles. The molecule has 156 valence electrons. The lowest BCUT2D eigenvalue weighted by Gasteiger charge is -2.37. The van der Waals surface area contributed by atoms with Crippen LogP contribution in [0.3, 0.4) is 0 Å². The Morgan fingerprint density at radius 3 is 0.885 bits per heavy atom. The van der Waals surface area contributed by atoms with Gasteiger partial charge in [0, 0.05) is 0 Å². The van der Waals surface area contributed by atoms with Crippen LogP contribution >= 0.6 is 0 Å². The van der Waals surface area contributed by atoms with Gasteiger partial charge in [-0.2, -0.15) is 10.2 Å². The van der Waals surface area contributed by atoms with Crippen LogP contribution in [0.15, 0.2) is 10.2 Å². The average Bonchev–Trinajstić information content (AvgIpc) is 2.62. The molecule has 0 atom stereocenters. The smallest absolute Gasteiger partial charge is 0.0838 e. The first-order chi connectivity index (χ1) is 12.3. The Kier molecular flexibility index (Phi) is 13.5. The fourth-order valence-electron chi connectivity index (χ4n) is 3.97. The zero-order chi connectivity index (χ0) is 20.1. The number of hydrogen-bond acceptors (Lipinski definition) is 2. The van der Waals surface area contributed by atoms with Gasteiger partial charge >= 0.3 is 0 Å². The molecule has 0 saturated carbocycles. The van der Waals surface area contributed by atoms with Crippen LogP contribution in [-0.4, -0.2) is 11.1 Å². The van der Waals surface area contributed by atoms with E-state index in [2.05, 4.69) is 55.4 Å². The molecule has 0 aliphatic rings. The van der Waals surface area contributed by atoms with Crippen molar-refractivity contribution in [3.8, 4) is 0 Å². The largest absolute Gasteiger partial charge is 0.187 e. The van der Waals surface area contributed by atoms with E-state index in [-0.39, 0.29) is 11.1 Å². The van der Waals surface area contributed by atoms with Crippen molar-refractivity contribution < 1.29 is 0 Å². The molecule has 0 amide bonds. The van der Waals surface area contributed by atoms with Crippen LogP contribution in [0.5, 0.6) is 0 Å². The Balaban J connectivity index is 5.77. The molecular formula is C24H50N2. The summed E-state index contributed by atoms with van der Waals surface area (Å²) >= 11 is 0. The van der Waals surface area contributed by atoms with Gasteiger partial charge in [-0.05, 0) is 37.5 Å². The van der Waals surface area contributed by atoms with E-state index >= 15 is 0 Å². The summed E-state index contributed by atoms with van der Waals surface area (Å²) in [6.07, 6.45) is 14.8. The molecule has 2 nitrogen and oxygen atoms in total. The molecule has 0 aromatic heterocycles. The van der Waals surface area contributed by atoms with Gasteiger partial charge in [0.1, 0.15) is 0 Å². The van der Waals surface area contributed by atoms with Gasteiger partial charge < -0.3 is 0 Å². The molecule has 0 spiro atoms. The van der Waals surface area contributed by atoms with Crippen molar-refractivity contribution in [3.05, 3.63) is 0 Å². The summed E-state index contributed by atoms with van der Waals surface area (Å²) in [4.78, 5) is 0. The lowest BCUT2D eigenvalue weighted by molar-refractivity contribution is 0.198. The number of unbranched alkanes of at least 4 members (excludes halogenated alkanes) is 4. The monoisotopic (exact) mass is 366 g/mol. The predicted octanol–water partition coefficient (Wildman–Crippen LogP) is 8.99. The van der Waals surface area contributed by atoms with E-state index in [4.69, 9.17) is 10.2 Å². The molecule has 2 heteroatoms. The first kappa shape index (κ1) is 25.6. The molecule has 0 bridgehead atoms. The zero-order valence-corrected chi connectivity index (χ0v) is 19.5. The summed E-state index contributed by atoms with van der Waals surface area (Å²) in [6.45, 7) is 18.6. The van der Waals surface area contributed by atoms with Gasteiger partial charge in [-0.15, -0.1) is 0 Å². The molecule has 0 unspecified atom stereocenters. The Bertz CT molecular complexity index is 307. The van der Waals surface area contributed by atoms with Crippen LogP contribution in [0.25, 0.3) is 0 Å². The molecule has 0 radical (unpaired) electrons. The summed E-state index contributed by atoms with van der Waals surface area (Å²) in [6, 6.07) is 0. The van der Waals surface area contributed by atoms with E-state index < -0.39 is 0 Å². The van der Waals surface area contributed by atoms with E-state index in [1.54, 1.807) is 0 Å². The maximum absolute atomic E-state index is 5.25. The lowest BCUT2D eigenvalue weighted by atomic mass is 9.77. The summed E-state index contributed by atoms with van der Waals surface area (Å²) in [5.74, 6) is 1.12. The van der Waals surface area contributed by atoms with Crippen molar-refractivity contribution in [1.29, 1.82) is 0 Å². The summed E-state index contributed by atoms with van der Waals surface area (Å²) in [5.41, 5.74) is 0.0924. The molecule has 0 aliphatic heterocycles. The highest BCUT2D eigenvalue weighted by molar-refractivity contribution is 4.94. The molecule has 0 saturated heterocycles. The highest BCUT2D eigenvalue weighted by atomic mass is 15.2.